The number of benzene rings is 1. The molecule has 1 aromatic heterocycles. The third-order valence-electron chi connectivity index (χ3n) is 3.60. The lowest BCUT2D eigenvalue weighted by Crippen LogP contribution is -2.38. The van der Waals surface area contributed by atoms with Crippen molar-refractivity contribution < 1.29 is 19.1 Å². The molecule has 0 bridgehead atoms. The molecule has 1 amide bonds. The van der Waals surface area contributed by atoms with Crippen molar-refractivity contribution >= 4 is 40.5 Å². The molecule has 1 heterocycles. The molecule has 1 atom stereocenters. The maximum Gasteiger partial charge on any atom is 0.414 e. The summed E-state index contributed by atoms with van der Waals surface area (Å²) >= 11 is 2.10. The van der Waals surface area contributed by atoms with E-state index >= 15 is 0 Å². The molecule has 2 aromatic rings. The number of esters is 1. The monoisotopic (exact) mass is 512 g/mol. The van der Waals surface area contributed by atoms with Gasteiger partial charge in [-0.05, 0) is 61.1 Å². The molecule has 2 rings (SSSR count). The highest BCUT2D eigenvalue weighted by Gasteiger charge is 2.26. The predicted octanol–water partition coefficient (Wildman–Crippen LogP) is 3.51. The average Bonchev–Trinajstić information content (AvgIpc) is 2.62. The van der Waals surface area contributed by atoms with Crippen molar-refractivity contribution in [1.82, 2.24) is 14.9 Å². The van der Waals surface area contributed by atoms with Crippen molar-refractivity contribution in [2.24, 2.45) is 0 Å². The Morgan fingerprint density at radius 2 is 1.86 bits per heavy atom. The molecular weight excluding hydrogens is 487 g/mol. The summed E-state index contributed by atoms with van der Waals surface area (Å²) in [5.41, 5.74) is 0.266. The Morgan fingerprint density at radius 3 is 2.41 bits per heavy atom. The number of halogens is 1. The van der Waals surface area contributed by atoms with Crippen molar-refractivity contribution in [3.05, 3.63) is 45.9 Å². The Kier molecular flexibility index (Phi) is 7.77. The van der Waals surface area contributed by atoms with Gasteiger partial charge in [0.1, 0.15) is 29.5 Å². The number of rotatable bonds is 6. The Labute approximate surface area is 184 Å². The molecule has 0 fully saturated rings. The molecule has 0 aliphatic heterocycles. The molecular formula is C20H25IN4O4. The van der Waals surface area contributed by atoms with Gasteiger partial charge in [0.05, 0.1) is 3.57 Å². The first-order valence-electron chi connectivity index (χ1n) is 8.98. The third-order valence-corrected chi connectivity index (χ3v) is 4.39. The fourth-order valence-corrected chi connectivity index (χ4v) is 2.73. The van der Waals surface area contributed by atoms with E-state index in [4.69, 9.17) is 9.47 Å². The van der Waals surface area contributed by atoms with Gasteiger partial charge in [-0.15, -0.1) is 0 Å². The summed E-state index contributed by atoms with van der Waals surface area (Å²) in [7, 11) is 3.23. The van der Waals surface area contributed by atoms with E-state index in [1.54, 1.807) is 32.4 Å². The van der Waals surface area contributed by atoms with Gasteiger partial charge in [-0.1, -0.05) is 12.1 Å². The second-order valence-corrected chi connectivity index (χ2v) is 8.72. The summed E-state index contributed by atoms with van der Waals surface area (Å²) in [6, 6.07) is 6.35. The SMILES string of the molecule is CN(C)C(=O)Oc1ccc(C[C@H](Nc2ncncc2I)C(=O)OC(C)(C)C)cc1. The largest absolute Gasteiger partial charge is 0.458 e. The molecule has 1 N–H and O–H groups in total. The van der Waals surface area contributed by atoms with Gasteiger partial charge in [-0.3, -0.25) is 0 Å². The van der Waals surface area contributed by atoms with E-state index in [1.807, 2.05) is 32.9 Å². The fraction of sp³-hybridized carbons (Fsp3) is 0.400. The van der Waals surface area contributed by atoms with Crippen LogP contribution >= 0.6 is 22.6 Å². The summed E-state index contributed by atoms with van der Waals surface area (Å²) in [6.45, 7) is 5.47. The smallest absolute Gasteiger partial charge is 0.414 e. The highest BCUT2D eigenvalue weighted by molar-refractivity contribution is 14.1. The molecule has 29 heavy (non-hydrogen) atoms. The van der Waals surface area contributed by atoms with Crippen molar-refractivity contribution in [3.8, 4) is 5.75 Å². The molecule has 1 aromatic carbocycles. The van der Waals surface area contributed by atoms with Crippen molar-refractivity contribution in [3.63, 3.8) is 0 Å². The highest BCUT2D eigenvalue weighted by Crippen LogP contribution is 2.20. The number of amides is 1. The average molecular weight is 512 g/mol. The summed E-state index contributed by atoms with van der Waals surface area (Å²) in [5, 5.41) is 3.15. The summed E-state index contributed by atoms with van der Waals surface area (Å²) < 4.78 is 11.6. The van der Waals surface area contributed by atoms with Crippen LogP contribution in [0.3, 0.4) is 0 Å². The number of nitrogens with one attached hydrogen (secondary N) is 1. The number of hydrogen-bond donors (Lipinski definition) is 1. The van der Waals surface area contributed by atoms with Gasteiger partial charge in [0.15, 0.2) is 0 Å². The van der Waals surface area contributed by atoms with Crippen LogP contribution in [-0.2, 0) is 16.0 Å². The van der Waals surface area contributed by atoms with Gasteiger partial charge in [-0.25, -0.2) is 19.6 Å². The number of nitrogens with zero attached hydrogens (tertiary/aromatic N) is 3. The van der Waals surface area contributed by atoms with Crippen LogP contribution in [0.5, 0.6) is 5.75 Å². The van der Waals surface area contributed by atoms with Crippen LogP contribution in [0.25, 0.3) is 0 Å². The molecule has 0 aliphatic rings. The van der Waals surface area contributed by atoms with E-state index in [2.05, 4.69) is 37.9 Å². The normalized spacial score (nSPS) is 12.1. The van der Waals surface area contributed by atoms with Gasteiger partial charge in [0.2, 0.25) is 0 Å². The first kappa shape index (κ1) is 22.9. The summed E-state index contributed by atoms with van der Waals surface area (Å²) in [6.07, 6.45) is 3.00. The van der Waals surface area contributed by atoms with E-state index in [-0.39, 0.29) is 5.97 Å². The molecule has 8 nitrogen and oxygen atoms in total. The van der Waals surface area contributed by atoms with Crippen LogP contribution in [-0.4, -0.2) is 52.7 Å². The number of carbonyl (C=O) groups excluding carboxylic acids is 2. The minimum Gasteiger partial charge on any atom is -0.458 e. The zero-order valence-corrected chi connectivity index (χ0v) is 19.3. The van der Waals surface area contributed by atoms with Crippen LogP contribution in [0.15, 0.2) is 36.8 Å². The fourth-order valence-electron chi connectivity index (χ4n) is 2.27. The van der Waals surface area contributed by atoms with Gasteiger partial charge >= 0.3 is 12.1 Å². The Morgan fingerprint density at radius 1 is 1.21 bits per heavy atom. The molecule has 0 aliphatic carbocycles. The number of ether oxygens (including phenoxy) is 2. The molecule has 0 unspecified atom stereocenters. The summed E-state index contributed by atoms with van der Waals surface area (Å²) in [4.78, 5) is 33.9. The second-order valence-electron chi connectivity index (χ2n) is 7.56. The molecule has 0 saturated heterocycles. The number of anilines is 1. The summed E-state index contributed by atoms with van der Waals surface area (Å²) in [5.74, 6) is 0.614. The van der Waals surface area contributed by atoms with Gasteiger partial charge in [0.25, 0.3) is 0 Å². The van der Waals surface area contributed by atoms with E-state index in [0.717, 1.165) is 9.13 Å². The topological polar surface area (TPSA) is 93.6 Å². The maximum atomic E-state index is 12.8. The van der Waals surface area contributed by atoms with Crippen LogP contribution < -0.4 is 10.1 Å². The minimum atomic E-state index is -0.646. The third kappa shape index (κ3) is 7.48. The van der Waals surface area contributed by atoms with Crippen LogP contribution in [0.1, 0.15) is 26.3 Å². The van der Waals surface area contributed by atoms with Gasteiger partial charge in [-0.2, -0.15) is 0 Å². The van der Waals surface area contributed by atoms with E-state index in [0.29, 0.717) is 18.0 Å². The van der Waals surface area contributed by atoms with Crippen LogP contribution in [0.4, 0.5) is 10.6 Å². The Bertz CT molecular complexity index is 850. The minimum absolute atomic E-state index is 0.372. The van der Waals surface area contributed by atoms with Crippen molar-refractivity contribution in [2.75, 3.05) is 19.4 Å². The molecule has 0 radical (unpaired) electrons. The number of carbonyl (C=O) groups is 2. The Hall–Kier alpha value is -2.43. The van der Waals surface area contributed by atoms with Crippen molar-refractivity contribution in [1.29, 1.82) is 0 Å². The first-order chi connectivity index (χ1) is 13.5. The van der Waals surface area contributed by atoms with Gasteiger partial charge in [0, 0.05) is 26.7 Å². The standard InChI is InChI=1S/C20H25IN4O4/c1-20(2,3)29-18(26)16(24-17-15(21)11-22-12-23-17)10-13-6-8-14(9-7-13)28-19(27)25(4)5/h6-9,11-12,16H,10H2,1-5H3,(H,22,23,24)/t16-/m0/s1. The molecule has 9 heteroatoms. The maximum absolute atomic E-state index is 12.8. The lowest BCUT2D eigenvalue weighted by Gasteiger charge is -2.25. The van der Waals surface area contributed by atoms with Crippen LogP contribution in [0, 0.1) is 3.57 Å². The number of aromatic nitrogens is 2. The quantitative estimate of drug-likeness (QED) is 0.468. The first-order valence-corrected chi connectivity index (χ1v) is 10.1. The molecule has 156 valence electrons. The zero-order valence-electron chi connectivity index (χ0n) is 17.1. The van der Waals surface area contributed by atoms with E-state index in [9.17, 15) is 9.59 Å². The highest BCUT2D eigenvalue weighted by atomic mass is 127. The predicted molar refractivity (Wildman–Crippen MR) is 118 cm³/mol. The lowest BCUT2D eigenvalue weighted by molar-refractivity contribution is -0.155. The van der Waals surface area contributed by atoms with E-state index < -0.39 is 17.7 Å². The van der Waals surface area contributed by atoms with Gasteiger partial charge < -0.3 is 19.7 Å². The Balaban J connectivity index is 2.17. The lowest BCUT2D eigenvalue weighted by atomic mass is 10.1. The zero-order chi connectivity index (χ0) is 21.6. The number of hydrogen-bond acceptors (Lipinski definition) is 7. The molecule has 0 saturated carbocycles. The second kappa shape index (κ2) is 9.86. The van der Waals surface area contributed by atoms with Crippen LogP contribution in [0.2, 0.25) is 0 Å². The van der Waals surface area contributed by atoms with E-state index in [1.165, 1.54) is 11.2 Å². The van der Waals surface area contributed by atoms with Crippen molar-refractivity contribution in [2.45, 2.75) is 38.8 Å². The molecule has 0 spiro atoms.